The van der Waals surface area contributed by atoms with Gasteiger partial charge < -0.3 is 4.42 Å². The molecule has 242 valence electrons. The van der Waals surface area contributed by atoms with E-state index in [4.69, 9.17) is 9.40 Å². The topological polar surface area (TPSA) is 31.0 Å². The molecule has 5 aromatic carbocycles. The lowest BCUT2D eigenvalue weighted by Crippen LogP contribution is -2.11. The molecule has 48 heavy (non-hydrogen) atoms. The molecule has 0 saturated heterocycles. The van der Waals surface area contributed by atoms with Gasteiger partial charge in [0.1, 0.15) is 22.8 Å². The zero-order valence-electron chi connectivity index (χ0n) is 28.4. The molecule has 8 rings (SSSR count). The van der Waals surface area contributed by atoms with E-state index in [-0.39, 0.29) is 5.82 Å². The zero-order chi connectivity index (χ0) is 32.9. The molecule has 7 aromatic rings. The second-order valence-electron chi connectivity index (χ2n) is 14.3. The van der Waals surface area contributed by atoms with Crippen molar-refractivity contribution in [3.05, 3.63) is 120 Å². The van der Waals surface area contributed by atoms with Crippen molar-refractivity contribution in [1.82, 2.24) is 9.55 Å². The first-order valence-electron chi connectivity index (χ1n) is 17.7. The molecule has 4 heteroatoms. The molecular formula is C44H43FN2O. The maximum absolute atomic E-state index is 15.8. The molecule has 0 amide bonds. The molecule has 0 spiro atoms. The Morgan fingerprint density at radius 2 is 1.42 bits per heavy atom. The van der Waals surface area contributed by atoms with E-state index in [1.165, 1.54) is 60.9 Å². The highest BCUT2D eigenvalue weighted by atomic mass is 19.1. The highest BCUT2D eigenvalue weighted by Crippen LogP contribution is 2.44. The Kier molecular flexibility index (Phi) is 7.91. The summed E-state index contributed by atoms with van der Waals surface area (Å²) in [7, 11) is 0. The second kappa shape index (κ2) is 12.4. The summed E-state index contributed by atoms with van der Waals surface area (Å²) in [5.41, 5.74) is 11.4. The van der Waals surface area contributed by atoms with E-state index < -0.39 is 0 Å². The number of rotatable bonds is 6. The van der Waals surface area contributed by atoms with Crippen LogP contribution in [0.3, 0.4) is 0 Å². The molecule has 1 saturated carbocycles. The van der Waals surface area contributed by atoms with Crippen molar-refractivity contribution in [2.75, 3.05) is 0 Å². The van der Waals surface area contributed by atoms with E-state index in [1.807, 2.05) is 48.5 Å². The van der Waals surface area contributed by atoms with Gasteiger partial charge in [0.25, 0.3) is 0 Å². The normalized spacial score (nSPS) is 14.6. The minimum Gasteiger partial charge on any atom is -0.455 e. The van der Waals surface area contributed by atoms with Crippen LogP contribution in [0.4, 0.5) is 4.39 Å². The minimum atomic E-state index is -0.291. The van der Waals surface area contributed by atoms with Crippen molar-refractivity contribution in [3.63, 3.8) is 0 Å². The summed E-state index contributed by atoms with van der Waals surface area (Å²) < 4.78 is 24.8. The van der Waals surface area contributed by atoms with Crippen LogP contribution in [0.25, 0.3) is 61.2 Å². The summed E-state index contributed by atoms with van der Waals surface area (Å²) in [6.07, 6.45) is 7.82. The Hall–Kier alpha value is -4.70. The molecule has 0 aliphatic heterocycles. The van der Waals surface area contributed by atoms with Crippen LogP contribution in [0.2, 0.25) is 0 Å². The van der Waals surface area contributed by atoms with E-state index in [1.54, 1.807) is 6.07 Å². The smallest absolute Gasteiger partial charge is 0.149 e. The largest absolute Gasteiger partial charge is 0.455 e. The highest BCUT2D eigenvalue weighted by molar-refractivity contribution is 6.10. The molecule has 0 bridgehead atoms. The van der Waals surface area contributed by atoms with Crippen molar-refractivity contribution < 1.29 is 8.81 Å². The number of aromatic nitrogens is 2. The van der Waals surface area contributed by atoms with Gasteiger partial charge in [-0.05, 0) is 94.8 Å². The van der Waals surface area contributed by atoms with Crippen LogP contribution < -0.4 is 0 Å². The van der Waals surface area contributed by atoms with Gasteiger partial charge in [0, 0.05) is 5.39 Å². The van der Waals surface area contributed by atoms with Gasteiger partial charge in [-0.1, -0.05) is 114 Å². The van der Waals surface area contributed by atoms with Crippen LogP contribution in [0.1, 0.15) is 101 Å². The van der Waals surface area contributed by atoms with Gasteiger partial charge in [0.2, 0.25) is 0 Å². The van der Waals surface area contributed by atoms with Crippen molar-refractivity contribution in [2.24, 2.45) is 0 Å². The maximum Gasteiger partial charge on any atom is 0.149 e. The minimum absolute atomic E-state index is 0.291. The molecule has 2 heterocycles. The third-order valence-electron chi connectivity index (χ3n) is 10.5. The summed E-state index contributed by atoms with van der Waals surface area (Å²) in [4.78, 5) is 5.28. The number of imidazole rings is 1. The molecule has 0 atom stereocenters. The fourth-order valence-electron chi connectivity index (χ4n) is 7.95. The molecule has 0 N–H and O–H groups in total. The summed E-state index contributed by atoms with van der Waals surface area (Å²) in [6.45, 7) is 9.22. The van der Waals surface area contributed by atoms with Gasteiger partial charge in [0.15, 0.2) is 0 Å². The first-order valence-corrected chi connectivity index (χ1v) is 17.7. The third kappa shape index (κ3) is 5.23. The van der Waals surface area contributed by atoms with Crippen LogP contribution >= 0.6 is 0 Å². The van der Waals surface area contributed by atoms with Gasteiger partial charge in [-0.25, -0.2) is 9.37 Å². The summed E-state index contributed by atoms with van der Waals surface area (Å²) in [5, 5.41) is 1.27. The van der Waals surface area contributed by atoms with Crippen LogP contribution in [-0.2, 0) is 0 Å². The fraction of sp³-hybridized carbons (Fsp3) is 0.295. The fourth-order valence-corrected chi connectivity index (χ4v) is 7.95. The number of halogens is 1. The Morgan fingerprint density at radius 1 is 0.729 bits per heavy atom. The predicted octanol–water partition coefficient (Wildman–Crippen LogP) is 13.1. The van der Waals surface area contributed by atoms with Crippen molar-refractivity contribution in [1.29, 1.82) is 0 Å². The first-order chi connectivity index (χ1) is 23.4. The number of benzene rings is 5. The van der Waals surface area contributed by atoms with Crippen molar-refractivity contribution in [2.45, 2.75) is 84.0 Å². The summed E-state index contributed by atoms with van der Waals surface area (Å²) in [5.74, 6) is 1.68. The second-order valence-corrected chi connectivity index (χ2v) is 14.3. The monoisotopic (exact) mass is 634 g/mol. The average Bonchev–Trinajstić information content (AvgIpc) is 3.55. The Labute approximate surface area is 282 Å². The first kappa shape index (κ1) is 30.6. The standard InChI is InChI=1S/C44H43FN2O/c1-27(2)35-24-32(30-16-8-5-6-9-17-30)25-36(28(3)4)42(35)47-39-19-13-12-18-38(39)46-44(47)34-22-23-37(45)41-33-21-20-31(26-40(33)48-43(34)41)29-14-10-7-11-15-29/h7,10-15,18-28,30H,5-6,8-9,16-17H2,1-4H3. The lowest BCUT2D eigenvalue weighted by atomic mass is 9.84. The molecule has 0 radical (unpaired) electrons. The van der Waals surface area contributed by atoms with Gasteiger partial charge in [-0.2, -0.15) is 0 Å². The Morgan fingerprint density at radius 3 is 2.12 bits per heavy atom. The van der Waals surface area contributed by atoms with Gasteiger partial charge in [0.05, 0.1) is 27.7 Å². The van der Waals surface area contributed by atoms with E-state index in [2.05, 4.69) is 74.7 Å². The number of hydrogen-bond acceptors (Lipinski definition) is 2. The van der Waals surface area contributed by atoms with Crippen LogP contribution in [0, 0.1) is 5.82 Å². The van der Waals surface area contributed by atoms with Crippen molar-refractivity contribution >= 4 is 33.0 Å². The molecule has 1 aliphatic carbocycles. The van der Waals surface area contributed by atoms with E-state index in [0.29, 0.717) is 34.3 Å². The molecular weight excluding hydrogens is 591 g/mol. The van der Waals surface area contributed by atoms with Crippen LogP contribution in [0.5, 0.6) is 0 Å². The number of hydrogen-bond donors (Lipinski definition) is 0. The van der Waals surface area contributed by atoms with Gasteiger partial charge >= 0.3 is 0 Å². The number of para-hydroxylation sites is 2. The molecule has 1 fully saturated rings. The highest BCUT2D eigenvalue weighted by Gasteiger charge is 2.27. The molecule has 2 aromatic heterocycles. The van der Waals surface area contributed by atoms with Crippen LogP contribution in [0.15, 0.2) is 101 Å². The number of furan rings is 1. The van der Waals surface area contributed by atoms with E-state index in [9.17, 15) is 0 Å². The van der Waals surface area contributed by atoms with Crippen molar-refractivity contribution in [3.8, 4) is 28.2 Å². The van der Waals surface area contributed by atoms with Gasteiger partial charge in [-0.15, -0.1) is 0 Å². The zero-order valence-corrected chi connectivity index (χ0v) is 28.4. The van der Waals surface area contributed by atoms with Crippen LogP contribution in [-0.4, -0.2) is 9.55 Å². The van der Waals surface area contributed by atoms with E-state index in [0.717, 1.165) is 38.9 Å². The summed E-state index contributed by atoms with van der Waals surface area (Å²) in [6, 6.07) is 33.1. The third-order valence-corrected chi connectivity index (χ3v) is 10.5. The Balaban J connectivity index is 1.40. The molecule has 3 nitrogen and oxygen atoms in total. The lowest BCUT2D eigenvalue weighted by molar-refractivity contribution is 0.589. The molecule has 1 aliphatic rings. The van der Waals surface area contributed by atoms with E-state index >= 15 is 4.39 Å². The van der Waals surface area contributed by atoms with Gasteiger partial charge in [-0.3, -0.25) is 4.57 Å². The number of nitrogens with zero attached hydrogens (tertiary/aromatic N) is 2. The SMILES string of the molecule is CC(C)c1cc(C2CCCCCC2)cc(C(C)C)c1-n1c(-c2ccc(F)c3c2oc2cc(-c4ccccc4)ccc23)nc2ccccc21. The summed E-state index contributed by atoms with van der Waals surface area (Å²) >= 11 is 0. The quantitative estimate of drug-likeness (QED) is 0.170. The average molecular weight is 635 g/mol. The maximum atomic E-state index is 15.8. The molecule has 0 unspecified atom stereocenters. The lowest BCUT2D eigenvalue weighted by Gasteiger charge is -2.26. The predicted molar refractivity (Wildman–Crippen MR) is 198 cm³/mol. The Bertz CT molecular complexity index is 2240. The number of fused-ring (bicyclic) bond motifs is 4.